The molecule has 0 amide bonds. The Morgan fingerprint density at radius 3 is 2.00 bits per heavy atom. The summed E-state index contributed by atoms with van der Waals surface area (Å²) >= 11 is 3.18. The quantitative estimate of drug-likeness (QED) is 0.185. The number of nitrogens with zero attached hydrogens (tertiary/aromatic N) is 1. The minimum atomic E-state index is -1.87. The van der Waals surface area contributed by atoms with Gasteiger partial charge in [-0.2, -0.15) is 0 Å². The fourth-order valence-electron chi connectivity index (χ4n) is 2.40. The smallest absolute Gasteiger partial charge is 0.433 e. The zero-order chi connectivity index (χ0) is 23.2. The second-order valence-electron chi connectivity index (χ2n) is 6.34. The number of oxime groups is 1. The van der Waals surface area contributed by atoms with E-state index >= 15 is 0 Å². The largest absolute Gasteiger partial charge is 0.509 e. The molecule has 0 saturated heterocycles. The van der Waals surface area contributed by atoms with E-state index in [9.17, 15) is 14.0 Å². The normalized spacial score (nSPS) is 13.6. The zero-order valence-electron chi connectivity index (χ0n) is 17.3. The number of alkyl halides is 2. The van der Waals surface area contributed by atoms with Gasteiger partial charge >= 0.3 is 12.3 Å². The highest BCUT2D eigenvalue weighted by atomic mass is 79.9. The molecule has 172 valence electrons. The highest BCUT2D eigenvalue weighted by Gasteiger charge is 2.33. The van der Waals surface area contributed by atoms with Crippen LogP contribution in [0.2, 0.25) is 0 Å². The average Bonchev–Trinajstić information content (AvgIpc) is 2.83. The van der Waals surface area contributed by atoms with Gasteiger partial charge in [-0.3, -0.25) is 0 Å². The molecule has 2 aromatic carbocycles. The molecule has 32 heavy (non-hydrogen) atoms. The van der Waals surface area contributed by atoms with Crippen molar-refractivity contribution in [3.05, 3.63) is 71.8 Å². The van der Waals surface area contributed by atoms with Gasteiger partial charge in [0.15, 0.2) is 12.3 Å². The standard InChI is InChI=1S/C22H23BrFNO7/c1-28-25-12-19(24)20(32-22(27)30-14-17-10-6-3-7-11-17)18(23)15-31-21(26)29-13-16-8-4-2-5-9-16/h2-12,18-20H,13-15H2,1H3/t18-,19+,20+/m0/s1. The van der Waals surface area contributed by atoms with Gasteiger partial charge in [0, 0.05) is 0 Å². The first-order valence-electron chi connectivity index (χ1n) is 9.55. The van der Waals surface area contributed by atoms with E-state index in [1.807, 2.05) is 12.1 Å². The Kier molecular flexibility index (Phi) is 11.0. The van der Waals surface area contributed by atoms with Gasteiger partial charge in [0.2, 0.25) is 0 Å². The molecule has 0 aliphatic heterocycles. The van der Waals surface area contributed by atoms with Crippen LogP contribution in [0.3, 0.4) is 0 Å². The summed E-state index contributed by atoms with van der Waals surface area (Å²) in [5.41, 5.74) is 1.51. The highest BCUT2D eigenvalue weighted by Crippen LogP contribution is 2.18. The molecular weight excluding hydrogens is 489 g/mol. The van der Waals surface area contributed by atoms with Crippen LogP contribution in [-0.2, 0) is 37.0 Å². The van der Waals surface area contributed by atoms with Crippen molar-refractivity contribution < 1.29 is 37.8 Å². The van der Waals surface area contributed by atoms with Crippen LogP contribution in [0, 0.1) is 0 Å². The van der Waals surface area contributed by atoms with Crippen molar-refractivity contribution >= 4 is 34.5 Å². The lowest BCUT2D eigenvalue weighted by atomic mass is 10.2. The molecule has 0 saturated carbocycles. The van der Waals surface area contributed by atoms with E-state index < -0.39 is 29.4 Å². The van der Waals surface area contributed by atoms with Crippen LogP contribution < -0.4 is 0 Å². The minimum Gasteiger partial charge on any atom is -0.433 e. The van der Waals surface area contributed by atoms with E-state index in [-0.39, 0.29) is 19.8 Å². The molecule has 3 atom stereocenters. The fourth-order valence-corrected chi connectivity index (χ4v) is 2.94. The van der Waals surface area contributed by atoms with Crippen LogP contribution in [-0.4, -0.2) is 49.3 Å². The molecule has 2 aromatic rings. The first-order chi connectivity index (χ1) is 15.5. The summed E-state index contributed by atoms with van der Waals surface area (Å²) in [6.45, 7) is -0.374. The summed E-state index contributed by atoms with van der Waals surface area (Å²) < 4.78 is 34.7. The molecule has 0 radical (unpaired) electrons. The number of ether oxygens (including phenoxy) is 4. The third-order valence-electron chi connectivity index (χ3n) is 3.97. The van der Waals surface area contributed by atoms with Gasteiger partial charge in [-0.1, -0.05) is 81.7 Å². The topological polar surface area (TPSA) is 92.7 Å². The third kappa shape index (κ3) is 9.34. The molecule has 0 bridgehead atoms. The Morgan fingerprint density at radius 1 is 0.938 bits per heavy atom. The van der Waals surface area contributed by atoms with Gasteiger partial charge in [-0.15, -0.1) is 0 Å². The SMILES string of the molecule is CON=C[C@@H](F)[C@H](OC(=O)OCc1ccccc1)[C@@H](Br)COC(=O)OCc1ccccc1. The van der Waals surface area contributed by atoms with Gasteiger partial charge < -0.3 is 23.8 Å². The molecule has 0 aliphatic rings. The molecule has 8 nitrogen and oxygen atoms in total. The number of hydrogen-bond acceptors (Lipinski definition) is 8. The van der Waals surface area contributed by atoms with E-state index in [2.05, 4.69) is 25.9 Å². The Morgan fingerprint density at radius 2 is 1.47 bits per heavy atom. The first-order valence-corrected chi connectivity index (χ1v) is 10.5. The van der Waals surface area contributed by atoms with Gasteiger partial charge in [0.1, 0.15) is 26.9 Å². The van der Waals surface area contributed by atoms with Crippen LogP contribution in [0.5, 0.6) is 0 Å². The van der Waals surface area contributed by atoms with Gasteiger partial charge in [0.05, 0.1) is 11.0 Å². The molecule has 0 N–H and O–H groups in total. The van der Waals surface area contributed by atoms with Crippen molar-refractivity contribution in [2.45, 2.75) is 30.3 Å². The summed E-state index contributed by atoms with van der Waals surface area (Å²) in [4.78, 5) is 27.4. The maximum Gasteiger partial charge on any atom is 0.509 e. The molecule has 0 fully saturated rings. The molecule has 2 rings (SSSR count). The monoisotopic (exact) mass is 511 g/mol. The maximum atomic E-state index is 14.6. The molecule has 10 heteroatoms. The number of carbonyl (C=O) groups is 2. The molecule has 0 spiro atoms. The van der Waals surface area contributed by atoms with E-state index in [0.717, 1.165) is 17.3 Å². The number of benzene rings is 2. The molecule has 0 aromatic heterocycles. The predicted molar refractivity (Wildman–Crippen MR) is 117 cm³/mol. The van der Waals surface area contributed by atoms with E-state index in [4.69, 9.17) is 18.9 Å². The molecule has 0 heterocycles. The number of rotatable bonds is 11. The van der Waals surface area contributed by atoms with Crippen molar-refractivity contribution in [1.82, 2.24) is 0 Å². The van der Waals surface area contributed by atoms with Gasteiger partial charge in [-0.25, -0.2) is 14.0 Å². The molecule has 0 aliphatic carbocycles. The predicted octanol–water partition coefficient (Wildman–Crippen LogP) is 4.80. The summed E-state index contributed by atoms with van der Waals surface area (Å²) in [7, 11) is 1.24. The minimum absolute atomic E-state index is 0.0185. The molecule has 0 unspecified atom stereocenters. The highest BCUT2D eigenvalue weighted by molar-refractivity contribution is 9.09. The average molecular weight is 512 g/mol. The van der Waals surface area contributed by atoms with Crippen LogP contribution in [0.4, 0.5) is 14.0 Å². The van der Waals surface area contributed by atoms with Crippen LogP contribution in [0.25, 0.3) is 0 Å². The number of hydrogen-bond donors (Lipinski definition) is 0. The Labute approximate surface area is 193 Å². The number of carbonyl (C=O) groups excluding carboxylic acids is 2. The Hall–Kier alpha value is -3.14. The summed E-state index contributed by atoms with van der Waals surface area (Å²) in [5.74, 6) is 0. The number of halogens is 2. The maximum absolute atomic E-state index is 14.6. The Balaban J connectivity index is 1.87. The third-order valence-corrected chi connectivity index (χ3v) is 4.76. The first kappa shape index (κ1) is 25.1. The van der Waals surface area contributed by atoms with Crippen LogP contribution in [0.15, 0.2) is 65.8 Å². The van der Waals surface area contributed by atoms with Gasteiger partial charge in [0.25, 0.3) is 0 Å². The van der Waals surface area contributed by atoms with Crippen molar-refractivity contribution in [1.29, 1.82) is 0 Å². The van der Waals surface area contributed by atoms with E-state index in [1.165, 1.54) is 7.11 Å². The zero-order valence-corrected chi connectivity index (χ0v) is 18.9. The summed E-state index contributed by atoms with van der Waals surface area (Å²) in [5, 5.41) is 3.35. The summed E-state index contributed by atoms with van der Waals surface area (Å²) in [6, 6.07) is 17.9. The van der Waals surface area contributed by atoms with Crippen molar-refractivity contribution in [3.63, 3.8) is 0 Å². The van der Waals surface area contributed by atoms with Crippen LogP contribution in [0.1, 0.15) is 11.1 Å². The summed E-state index contributed by atoms with van der Waals surface area (Å²) in [6.07, 6.45) is -4.52. The Bertz CT molecular complexity index is 854. The van der Waals surface area contributed by atoms with Crippen LogP contribution >= 0.6 is 15.9 Å². The van der Waals surface area contributed by atoms with Crippen molar-refractivity contribution in [3.8, 4) is 0 Å². The fraction of sp³-hybridized carbons (Fsp3) is 0.318. The van der Waals surface area contributed by atoms with E-state index in [0.29, 0.717) is 0 Å². The van der Waals surface area contributed by atoms with Crippen molar-refractivity contribution in [2.24, 2.45) is 5.16 Å². The van der Waals surface area contributed by atoms with Gasteiger partial charge in [-0.05, 0) is 11.1 Å². The lowest BCUT2D eigenvalue weighted by Gasteiger charge is -2.23. The molecular formula is C22H23BrFNO7. The van der Waals surface area contributed by atoms with Crippen molar-refractivity contribution in [2.75, 3.05) is 13.7 Å². The second kappa shape index (κ2) is 14.0. The second-order valence-corrected chi connectivity index (χ2v) is 7.52. The van der Waals surface area contributed by atoms with E-state index in [1.54, 1.807) is 48.5 Å². The lowest BCUT2D eigenvalue weighted by Crippen LogP contribution is -2.40. The lowest BCUT2D eigenvalue weighted by molar-refractivity contribution is -0.00815.